The summed E-state index contributed by atoms with van der Waals surface area (Å²) < 4.78 is 0. The second kappa shape index (κ2) is 5.35. The topological polar surface area (TPSA) is 74.0 Å². The van der Waals surface area contributed by atoms with Gasteiger partial charge in [-0.2, -0.15) is 0 Å². The van der Waals surface area contributed by atoms with Gasteiger partial charge in [-0.25, -0.2) is 0 Å². The van der Waals surface area contributed by atoms with Gasteiger partial charge in [0, 0.05) is 12.6 Å². The molecule has 0 saturated carbocycles. The van der Waals surface area contributed by atoms with E-state index in [1.54, 1.807) is 12.1 Å². The van der Waals surface area contributed by atoms with Crippen LogP contribution in [-0.2, 0) is 0 Å². The Labute approximate surface area is 106 Å². The molecule has 98 valence electrons. The van der Waals surface area contributed by atoms with Crippen molar-refractivity contribution < 1.29 is 4.79 Å². The zero-order valence-corrected chi connectivity index (χ0v) is 10.6. The third-order valence-electron chi connectivity index (χ3n) is 3.50. The minimum absolute atomic E-state index is 0.149. The molecule has 1 aromatic heterocycles. The van der Waals surface area contributed by atoms with Crippen LogP contribution < -0.4 is 16.2 Å². The summed E-state index contributed by atoms with van der Waals surface area (Å²) in [5.74, 6) is -0.215. The van der Waals surface area contributed by atoms with Crippen LogP contribution in [0, 0.1) is 5.41 Å². The number of nitrogens with one attached hydrogen (secondary N) is 3. The van der Waals surface area contributed by atoms with E-state index in [-0.39, 0.29) is 16.9 Å². The van der Waals surface area contributed by atoms with E-state index in [0.717, 1.165) is 25.9 Å². The fourth-order valence-electron chi connectivity index (χ4n) is 2.18. The fraction of sp³-hybridized carbons (Fsp3) is 0.538. The van der Waals surface area contributed by atoms with Crippen molar-refractivity contribution in [2.75, 3.05) is 19.6 Å². The molecule has 0 radical (unpaired) electrons. The first-order valence-electron chi connectivity index (χ1n) is 6.27. The molecule has 3 N–H and O–H groups in total. The summed E-state index contributed by atoms with van der Waals surface area (Å²) in [4.78, 5) is 25.5. The molecule has 0 unspecified atom stereocenters. The van der Waals surface area contributed by atoms with E-state index < -0.39 is 0 Å². The molecule has 0 bridgehead atoms. The molecule has 1 amide bonds. The van der Waals surface area contributed by atoms with E-state index in [9.17, 15) is 9.59 Å². The lowest BCUT2D eigenvalue weighted by Crippen LogP contribution is -2.43. The molecule has 1 saturated heterocycles. The average molecular weight is 249 g/mol. The summed E-state index contributed by atoms with van der Waals surface area (Å²) in [6.45, 7) is 4.81. The summed E-state index contributed by atoms with van der Waals surface area (Å²) in [6, 6.07) is 4.59. The molecule has 0 aliphatic carbocycles. The van der Waals surface area contributed by atoms with Crippen molar-refractivity contribution in [3.05, 3.63) is 34.2 Å². The van der Waals surface area contributed by atoms with E-state index in [2.05, 4.69) is 22.5 Å². The van der Waals surface area contributed by atoms with Gasteiger partial charge in [-0.1, -0.05) is 13.0 Å². The van der Waals surface area contributed by atoms with Crippen LogP contribution in [0.3, 0.4) is 0 Å². The smallest absolute Gasteiger partial charge is 0.267 e. The van der Waals surface area contributed by atoms with Gasteiger partial charge in [0.2, 0.25) is 5.56 Å². The van der Waals surface area contributed by atoms with Gasteiger partial charge in [-0.3, -0.25) is 9.59 Å². The average Bonchev–Trinajstić information content (AvgIpc) is 2.37. The first kappa shape index (κ1) is 12.8. The monoisotopic (exact) mass is 249 g/mol. The maximum atomic E-state index is 11.9. The van der Waals surface area contributed by atoms with Crippen LogP contribution in [0.15, 0.2) is 23.0 Å². The van der Waals surface area contributed by atoms with E-state index >= 15 is 0 Å². The Kier molecular flexibility index (Phi) is 3.81. The Morgan fingerprint density at radius 1 is 1.39 bits per heavy atom. The molecule has 1 aromatic rings. The van der Waals surface area contributed by atoms with Gasteiger partial charge >= 0.3 is 0 Å². The lowest BCUT2D eigenvalue weighted by Gasteiger charge is -2.34. The van der Waals surface area contributed by atoms with Crippen LogP contribution in [0.5, 0.6) is 0 Å². The largest absolute Gasteiger partial charge is 0.350 e. The van der Waals surface area contributed by atoms with Crippen molar-refractivity contribution in [3.8, 4) is 0 Å². The molecule has 0 spiro atoms. The highest BCUT2D eigenvalue weighted by atomic mass is 16.2. The quantitative estimate of drug-likeness (QED) is 0.730. The summed E-state index contributed by atoms with van der Waals surface area (Å²) in [5.41, 5.74) is 0.214. The van der Waals surface area contributed by atoms with Crippen molar-refractivity contribution in [1.82, 2.24) is 15.6 Å². The second-order valence-electron chi connectivity index (χ2n) is 5.17. The number of rotatable bonds is 3. The number of H-pyrrole nitrogens is 1. The zero-order chi connectivity index (χ0) is 13.0. The molecule has 5 nitrogen and oxygen atoms in total. The Morgan fingerprint density at radius 2 is 2.11 bits per heavy atom. The maximum absolute atomic E-state index is 11.9. The number of pyridine rings is 1. The number of piperidine rings is 1. The Morgan fingerprint density at radius 3 is 2.78 bits per heavy atom. The molecule has 5 heteroatoms. The van der Waals surface area contributed by atoms with Crippen LogP contribution >= 0.6 is 0 Å². The Hall–Kier alpha value is -1.62. The van der Waals surface area contributed by atoms with Crippen molar-refractivity contribution >= 4 is 5.91 Å². The Balaban J connectivity index is 1.94. The molecule has 1 fully saturated rings. The van der Waals surface area contributed by atoms with Gasteiger partial charge in [0.1, 0.15) is 5.69 Å². The minimum atomic E-state index is -0.254. The lowest BCUT2D eigenvalue weighted by atomic mass is 9.81. The first-order valence-corrected chi connectivity index (χ1v) is 6.27. The molecule has 0 atom stereocenters. The molecule has 18 heavy (non-hydrogen) atoms. The molecule has 1 aliphatic heterocycles. The van der Waals surface area contributed by atoms with Crippen LogP contribution in [0.1, 0.15) is 30.3 Å². The van der Waals surface area contributed by atoms with Crippen molar-refractivity contribution in [2.45, 2.75) is 19.8 Å². The maximum Gasteiger partial charge on any atom is 0.267 e. The van der Waals surface area contributed by atoms with Gasteiger partial charge in [0.05, 0.1) is 0 Å². The highest BCUT2D eigenvalue weighted by Gasteiger charge is 2.27. The second-order valence-corrected chi connectivity index (χ2v) is 5.17. The zero-order valence-electron chi connectivity index (χ0n) is 10.6. The van der Waals surface area contributed by atoms with Crippen LogP contribution in [0.2, 0.25) is 0 Å². The van der Waals surface area contributed by atoms with Gasteiger partial charge in [-0.15, -0.1) is 0 Å². The SMILES string of the molecule is CC1(CNC(=O)c2cccc(=O)[nH]2)CCNCC1. The van der Waals surface area contributed by atoms with Crippen molar-refractivity contribution in [1.29, 1.82) is 0 Å². The summed E-state index contributed by atoms with van der Waals surface area (Å²) in [7, 11) is 0. The van der Waals surface area contributed by atoms with Crippen LogP contribution in [0.4, 0.5) is 0 Å². The number of carbonyl (C=O) groups excluding carboxylic acids is 1. The van der Waals surface area contributed by atoms with Crippen molar-refractivity contribution in [2.24, 2.45) is 5.41 Å². The fourth-order valence-corrected chi connectivity index (χ4v) is 2.18. The number of aromatic nitrogens is 1. The van der Waals surface area contributed by atoms with E-state index in [4.69, 9.17) is 0 Å². The van der Waals surface area contributed by atoms with E-state index in [1.165, 1.54) is 6.07 Å². The summed E-state index contributed by atoms with van der Waals surface area (Å²) in [5, 5.41) is 6.21. The third kappa shape index (κ3) is 3.20. The highest BCUT2D eigenvalue weighted by Crippen LogP contribution is 2.26. The standard InChI is InChI=1S/C13H19N3O2/c1-13(5-7-14-8-6-13)9-15-12(18)10-3-2-4-11(17)16-10/h2-4,14H,5-9H2,1H3,(H,15,18)(H,16,17). The minimum Gasteiger partial charge on any atom is -0.350 e. The summed E-state index contributed by atoms with van der Waals surface area (Å²) in [6.07, 6.45) is 2.11. The van der Waals surface area contributed by atoms with Gasteiger partial charge in [0.25, 0.3) is 5.91 Å². The van der Waals surface area contributed by atoms with Crippen molar-refractivity contribution in [3.63, 3.8) is 0 Å². The molecular formula is C13H19N3O2. The van der Waals surface area contributed by atoms with E-state index in [0.29, 0.717) is 12.2 Å². The predicted molar refractivity (Wildman–Crippen MR) is 69.6 cm³/mol. The molecule has 2 rings (SSSR count). The lowest BCUT2D eigenvalue weighted by molar-refractivity contribution is 0.0917. The Bertz CT molecular complexity index is 475. The summed E-state index contributed by atoms with van der Waals surface area (Å²) >= 11 is 0. The van der Waals surface area contributed by atoms with Crippen LogP contribution in [0.25, 0.3) is 0 Å². The first-order chi connectivity index (χ1) is 8.59. The molecule has 2 heterocycles. The molecule has 0 aromatic carbocycles. The van der Waals surface area contributed by atoms with E-state index in [1.807, 2.05) is 0 Å². The predicted octanol–water partition coefficient (Wildman–Crippen LogP) is 0.494. The normalized spacial score (nSPS) is 18.3. The molecular weight excluding hydrogens is 230 g/mol. The number of hydrogen-bond acceptors (Lipinski definition) is 3. The third-order valence-corrected chi connectivity index (χ3v) is 3.50. The highest BCUT2D eigenvalue weighted by molar-refractivity contribution is 5.92. The van der Waals surface area contributed by atoms with Gasteiger partial charge in [0.15, 0.2) is 0 Å². The van der Waals surface area contributed by atoms with Gasteiger partial charge in [-0.05, 0) is 37.4 Å². The van der Waals surface area contributed by atoms with Crippen LogP contribution in [-0.4, -0.2) is 30.5 Å². The number of aromatic amines is 1. The molecule has 1 aliphatic rings. The number of amides is 1. The van der Waals surface area contributed by atoms with Gasteiger partial charge < -0.3 is 15.6 Å². The number of hydrogen-bond donors (Lipinski definition) is 3. The number of carbonyl (C=O) groups is 1.